The minimum absolute atomic E-state index is 0.0725. The molecule has 1 aliphatic heterocycles. The van der Waals surface area contributed by atoms with Crippen molar-refractivity contribution in [1.82, 2.24) is 15.1 Å². The van der Waals surface area contributed by atoms with E-state index in [1.807, 2.05) is 36.1 Å². The molecule has 1 aliphatic rings. The quantitative estimate of drug-likeness (QED) is 0.901. The first kappa shape index (κ1) is 16.2. The van der Waals surface area contributed by atoms with Gasteiger partial charge in [0.25, 0.3) is 5.91 Å². The van der Waals surface area contributed by atoms with Gasteiger partial charge in [-0.05, 0) is 37.8 Å². The van der Waals surface area contributed by atoms with Crippen LogP contribution in [-0.2, 0) is 11.2 Å². The summed E-state index contributed by atoms with van der Waals surface area (Å²) in [7, 11) is 0. The molecule has 0 radical (unpaired) electrons. The minimum atomic E-state index is -0.564. The molecule has 2 heterocycles. The Hall–Kier alpha value is -2.63. The van der Waals surface area contributed by atoms with E-state index in [1.54, 1.807) is 6.07 Å². The van der Waals surface area contributed by atoms with Gasteiger partial charge in [0, 0.05) is 6.54 Å². The van der Waals surface area contributed by atoms with Gasteiger partial charge < -0.3 is 10.6 Å². The molecule has 0 bridgehead atoms. The van der Waals surface area contributed by atoms with Crippen molar-refractivity contribution in [2.24, 2.45) is 5.73 Å². The van der Waals surface area contributed by atoms with Crippen LogP contribution in [-0.4, -0.2) is 33.5 Å². The van der Waals surface area contributed by atoms with Crippen molar-refractivity contribution in [2.75, 3.05) is 6.54 Å². The van der Waals surface area contributed by atoms with Crippen molar-refractivity contribution < 1.29 is 9.59 Å². The molecule has 24 heavy (non-hydrogen) atoms. The van der Waals surface area contributed by atoms with Gasteiger partial charge in [0.15, 0.2) is 0 Å². The molecule has 6 nitrogen and oxygen atoms in total. The number of aryl methyl sites for hydroxylation is 1. The number of rotatable bonds is 4. The third kappa shape index (κ3) is 3.48. The summed E-state index contributed by atoms with van der Waals surface area (Å²) in [5, 5.41) is 6.81. The number of primary amides is 1. The number of hydrogen-bond donors (Lipinski definition) is 2. The van der Waals surface area contributed by atoms with Gasteiger partial charge in [0.05, 0.1) is 18.2 Å². The van der Waals surface area contributed by atoms with Crippen LogP contribution in [0.4, 0.5) is 0 Å². The molecule has 3 rings (SSSR count). The Morgan fingerprint density at radius 2 is 2.17 bits per heavy atom. The predicted octanol–water partition coefficient (Wildman–Crippen LogP) is 2.11. The Bertz CT molecular complexity index is 753. The van der Waals surface area contributed by atoms with E-state index in [1.165, 1.54) is 0 Å². The average molecular weight is 326 g/mol. The lowest BCUT2D eigenvalue weighted by atomic mass is 9.97. The highest BCUT2D eigenvalue weighted by molar-refractivity contribution is 5.90. The molecule has 1 aromatic carbocycles. The van der Waals surface area contributed by atoms with Crippen LogP contribution in [0.3, 0.4) is 0 Å². The topological polar surface area (TPSA) is 92.1 Å². The fraction of sp³-hybridized carbons (Fsp3) is 0.389. The number of aromatic amines is 1. The number of carbonyl (C=O) groups is 2. The zero-order chi connectivity index (χ0) is 17.1. The van der Waals surface area contributed by atoms with Gasteiger partial charge in [-0.2, -0.15) is 5.10 Å². The molecule has 1 atom stereocenters. The van der Waals surface area contributed by atoms with Crippen LogP contribution < -0.4 is 5.73 Å². The van der Waals surface area contributed by atoms with Crippen LogP contribution in [0.1, 0.15) is 52.6 Å². The Morgan fingerprint density at radius 3 is 2.88 bits per heavy atom. The fourth-order valence-corrected chi connectivity index (χ4v) is 3.29. The van der Waals surface area contributed by atoms with Gasteiger partial charge in [-0.15, -0.1) is 0 Å². The van der Waals surface area contributed by atoms with Crippen molar-refractivity contribution in [3.8, 4) is 0 Å². The number of amides is 2. The van der Waals surface area contributed by atoms with E-state index in [9.17, 15) is 9.59 Å². The molecule has 2 aromatic rings. The van der Waals surface area contributed by atoms with Gasteiger partial charge in [-0.25, -0.2) is 0 Å². The van der Waals surface area contributed by atoms with Gasteiger partial charge in [-0.1, -0.05) is 29.8 Å². The number of nitrogens with one attached hydrogen (secondary N) is 1. The largest absolute Gasteiger partial charge is 0.364 e. The van der Waals surface area contributed by atoms with Crippen molar-refractivity contribution in [3.63, 3.8) is 0 Å². The maximum absolute atomic E-state index is 12.8. The first-order valence-electron chi connectivity index (χ1n) is 8.24. The van der Waals surface area contributed by atoms with Crippen molar-refractivity contribution in [2.45, 2.75) is 38.6 Å². The second-order valence-electron chi connectivity index (χ2n) is 6.34. The summed E-state index contributed by atoms with van der Waals surface area (Å²) in [5.41, 5.74) is 8.42. The number of H-pyrrole nitrogens is 1. The summed E-state index contributed by atoms with van der Waals surface area (Å²) in [4.78, 5) is 25.9. The van der Waals surface area contributed by atoms with Crippen molar-refractivity contribution in [3.05, 3.63) is 52.8 Å². The SMILES string of the molecule is Cc1cccc(CC(=O)N2CCCCC2c2cc(C(N)=O)n[nH]2)c1. The number of carbonyl (C=O) groups excluding carboxylic acids is 2. The molecular weight excluding hydrogens is 304 g/mol. The Labute approximate surface area is 141 Å². The molecule has 0 aliphatic carbocycles. The third-order valence-corrected chi connectivity index (χ3v) is 4.47. The zero-order valence-corrected chi connectivity index (χ0v) is 13.8. The maximum Gasteiger partial charge on any atom is 0.269 e. The van der Waals surface area contributed by atoms with E-state index in [4.69, 9.17) is 5.73 Å². The smallest absolute Gasteiger partial charge is 0.269 e. The summed E-state index contributed by atoms with van der Waals surface area (Å²) < 4.78 is 0. The lowest BCUT2D eigenvalue weighted by Gasteiger charge is -2.35. The van der Waals surface area contributed by atoms with E-state index >= 15 is 0 Å². The summed E-state index contributed by atoms with van der Waals surface area (Å²) in [5.74, 6) is -0.466. The molecule has 0 spiro atoms. The predicted molar refractivity (Wildman–Crippen MR) is 90.3 cm³/mol. The average Bonchev–Trinajstić information content (AvgIpc) is 3.05. The first-order chi connectivity index (χ1) is 11.5. The lowest BCUT2D eigenvalue weighted by molar-refractivity contribution is -0.134. The Morgan fingerprint density at radius 1 is 1.33 bits per heavy atom. The summed E-state index contributed by atoms with van der Waals surface area (Å²) in [6.07, 6.45) is 3.28. The molecule has 126 valence electrons. The summed E-state index contributed by atoms with van der Waals surface area (Å²) in [6, 6.07) is 9.60. The number of aromatic nitrogens is 2. The maximum atomic E-state index is 12.8. The normalized spacial score (nSPS) is 17.7. The van der Waals surface area contributed by atoms with Crippen molar-refractivity contribution in [1.29, 1.82) is 0 Å². The van der Waals surface area contributed by atoms with E-state index in [2.05, 4.69) is 10.2 Å². The molecule has 0 saturated carbocycles. The number of benzene rings is 1. The van der Waals surface area contributed by atoms with Crippen LogP contribution in [0.5, 0.6) is 0 Å². The number of nitrogens with two attached hydrogens (primary N) is 1. The van der Waals surface area contributed by atoms with Crippen LogP contribution in [0.2, 0.25) is 0 Å². The van der Waals surface area contributed by atoms with Gasteiger partial charge >= 0.3 is 0 Å². The molecule has 6 heteroatoms. The van der Waals surface area contributed by atoms with E-state index in [0.29, 0.717) is 6.42 Å². The highest BCUT2D eigenvalue weighted by Crippen LogP contribution is 2.30. The fourth-order valence-electron chi connectivity index (χ4n) is 3.29. The lowest BCUT2D eigenvalue weighted by Crippen LogP contribution is -2.39. The molecule has 1 unspecified atom stereocenters. The van der Waals surface area contributed by atoms with Crippen LogP contribution in [0.15, 0.2) is 30.3 Å². The van der Waals surface area contributed by atoms with Crippen molar-refractivity contribution >= 4 is 11.8 Å². The Balaban J connectivity index is 1.78. The molecule has 2 amide bonds. The van der Waals surface area contributed by atoms with E-state index in [-0.39, 0.29) is 17.6 Å². The second-order valence-corrected chi connectivity index (χ2v) is 6.34. The molecule has 1 aromatic heterocycles. The molecule has 3 N–H and O–H groups in total. The van der Waals surface area contributed by atoms with E-state index in [0.717, 1.165) is 42.6 Å². The number of likely N-dealkylation sites (tertiary alicyclic amines) is 1. The number of nitrogens with zero attached hydrogens (tertiary/aromatic N) is 2. The summed E-state index contributed by atoms with van der Waals surface area (Å²) in [6.45, 7) is 2.74. The van der Waals surface area contributed by atoms with Crippen LogP contribution >= 0.6 is 0 Å². The standard InChI is InChI=1S/C18H22N4O2/c1-12-5-4-6-13(9-12)10-17(23)22-8-3-2-7-16(22)14-11-15(18(19)24)21-20-14/h4-6,9,11,16H,2-3,7-8,10H2,1H3,(H2,19,24)(H,20,21). The number of hydrogen-bond acceptors (Lipinski definition) is 3. The molecule has 1 saturated heterocycles. The highest BCUT2D eigenvalue weighted by atomic mass is 16.2. The third-order valence-electron chi connectivity index (χ3n) is 4.47. The van der Waals surface area contributed by atoms with E-state index < -0.39 is 5.91 Å². The highest BCUT2D eigenvalue weighted by Gasteiger charge is 2.29. The van der Waals surface area contributed by atoms with Gasteiger partial charge in [-0.3, -0.25) is 14.7 Å². The summed E-state index contributed by atoms with van der Waals surface area (Å²) >= 11 is 0. The number of piperidine rings is 1. The van der Waals surface area contributed by atoms with Gasteiger partial charge in [0.1, 0.15) is 5.69 Å². The van der Waals surface area contributed by atoms with Gasteiger partial charge in [0.2, 0.25) is 5.91 Å². The minimum Gasteiger partial charge on any atom is -0.364 e. The van der Waals surface area contributed by atoms with Crippen LogP contribution in [0.25, 0.3) is 0 Å². The monoisotopic (exact) mass is 326 g/mol. The first-order valence-corrected chi connectivity index (χ1v) is 8.24. The second kappa shape index (κ2) is 6.86. The molecule has 1 fully saturated rings. The Kier molecular flexibility index (Phi) is 4.64. The van der Waals surface area contributed by atoms with Crippen LogP contribution in [0, 0.1) is 6.92 Å². The molecular formula is C18H22N4O2. The zero-order valence-electron chi connectivity index (χ0n) is 13.8.